The van der Waals surface area contributed by atoms with E-state index in [1.54, 1.807) is 19.2 Å². The summed E-state index contributed by atoms with van der Waals surface area (Å²) in [5.41, 5.74) is 0.725. The molecule has 31 heavy (non-hydrogen) atoms. The van der Waals surface area contributed by atoms with E-state index in [9.17, 15) is 14.0 Å². The highest BCUT2D eigenvalue weighted by atomic mass is 19.1. The van der Waals surface area contributed by atoms with E-state index in [0.29, 0.717) is 43.1 Å². The maximum atomic E-state index is 13.4. The fourth-order valence-electron chi connectivity index (χ4n) is 4.30. The Labute approximate surface area is 180 Å². The molecule has 1 heterocycles. The number of hydrogen-bond donors (Lipinski definition) is 0. The molecule has 164 valence electrons. The molecule has 0 N–H and O–H groups in total. The first kappa shape index (κ1) is 21.2. The fourth-order valence-corrected chi connectivity index (χ4v) is 4.30. The van der Waals surface area contributed by atoms with Crippen LogP contribution < -0.4 is 9.47 Å². The van der Waals surface area contributed by atoms with Crippen LogP contribution in [0.3, 0.4) is 0 Å². The number of likely N-dealkylation sites (N-methyl/N-ethyl adjacent to an activating group) is 1. The maximum Gasteiger partial charge on any atom is 0.317 e. The van der Waals surface area contributed by atoms with E-state index in [0.717, 1.165) is 18.4 Å². The van der Waals surface area contributed by atoms with Gasteiger partial charge in [0.1, 0.15) is 19.0 Å². The number of carbonyl (C=O) groups excluding carboxylic acids is 2. The molecule has 0 spiro atoms. The van der Waals surface area contributed by atoms with E-state index in [-0.39, 0.29) is 24.9 Å². The standard InChI is InChI=1S/C24H26FNO5/c1-26(15-17-5-4-6-19(25)13-17)22(27)16-31-23(28)24(9-2-3-10-24)18-7-8-20-21(14-18)30-12-11-29-20/h4-8,13-14H,2-3,9-12,15-16H2,1H3. The van der Waals surface area contributed by atoms with Gasteiger partial charge in [0, 0.05) is 13.6 Å². The molecule has 0 aromatic heterocycles. The zero-order valence-corrected chi connectivity index (χ0v) is 17.6. The third-order valence-corrected chi connectivity index (χ3v) is 6.00. The summed E-state index contributed by atoms with van der Waals surface area (Å²) in [5, 5.41) is 0. The van der Waals surface area contributed by atoms with Crippen LogP contribution in [0, 0.1) is 5.82 Å². The molecule has 6 nitrogen and oxygen atoms in total. The van der Waals surface area contributed by atoms with Crippen LogP contribution in [0.5, 0.6) is 11.5 Å². The van der Waals surface area contributed by atoms with Gasteiger partial charge in [-0.25, -0.2) is 4.39 Å². The van der Waals surface area contributed by atoms with Gasteiger partial charge in [-0.3, -0.25) is 9.59 Å². The predicted octanol–water partition coefficient (Wildman–Crippen LogP) is 3.61. The summed E-state index contributed by atoms with van der Waals surface area (Å²) >= 11 is 0. The summed E-state index contributed by atoms with van der Waals surface area (Å²) in [6.07, 6.45) is 3.16. The molecule has 1 saturated carbocycles. The Morgan fingerprint density at radius 2 is 1.81 bits per heavy atom. The molecule has 0 unspecified atom stereocenters. The average molecular weight is 427 g/mol. The Hall–Kier alpha value is -3.09. The van der Waals surface area contributed by atoms with Crippen molar-refractivity contribution in [1.29, 1.82) is 0 Å². The lowest BCUT2D eigenvalue weighted by molar-refractivity contribution is -0.156. The Kier molecular flexibility index (Phi) is 6.11. The predicted molar refractivity (Wildman–Crippen MR) is 111 cm³/mol. The summed E-state index contributed by atoms with van der Waals surface area (Å²) in [5.74, 6) is 0.217. The van der Waals surface area contributed by atoms with Crippen LogP contribution in [0.4, 0.5) is 4.39 Å². The Morgan fingerprint density at radius 3 is 2.55 bits per heavy atom. The average Bonchev–Trinajstić information content (AvgIpc) is 3.28. The summed E-state index contributed by atoms with van der Waals surface area (Å²) in [6.45, 7) is 0.864. The van der Waals surface area contributed by atoms with Crippen molar-refractivity contribution in [3.63, 3.8) is 0 Å². The number of hydrogen-bond acceptors (Lipinski definition) is 5. The number of ether oxygens (including phenoxy) is 3. The number of fused-ring (bicyclic) bond motifs is 1. The molecule has 1 aliphatic heterocycles. The van der Waals surface area contributed by atoms with Crippen molar-refractivity contribution in [2.24, 2.45) is 0 Å². The summed E-state index contributed by atoms with van der Waals surface area (Å²) < 4.78 is 30.1. The first-order valence-corrected chi connectivity index (χ1v) is 10.5. The second-order valence-electron chi connectivity index (χ2n) is 8.10. The second-order valence-corrected chi connectivity index (χ2v) is 8.10. The Morgan fingerprint density at radius 1 is 1.06 bits per heavy atom. The van der Waals surface area contributed by atoms with E-state index in [4.69, 9.17) is 14.2 Å². The molecular weight excluding hydrogens is 401 g/mol. The number of nitrogens with zero attached hydrogens (tertiary/aromatic N) is 1. The van der Waals surface area contributed by atoms with Gasteiger partial charge in [-0.15, -0.1) is 0 Å². The van der Waals surface area contributed by atoms with E-state index in [1.165, 1.54) is 17.0 Å². The van der Waals surface area contributed by atoms with Crippen molar-refractivity contribution < 1.29 is 28.2 Å². The number of benzene rings is 2. The molecule has 2 aromatic rings. The minimum absolute atomic E-state index is 0.238. The van der Waals surface area contributed by atoms with E-state index in [2.05, 4.69) is 0 Å². The molecular formula is C24H26FNO5. The van der Waals surface area contributed by atoms with Crippen molar-refractivity contribution >= 4 is 11.9 Å². The molecule has 0 atom stereocenters. The zero-order valence-electron chi connectivity index (χ0n) is 17.6. The number of carbonyl (C=O) groups is 2. The van der Waals surface area contributed by atoms with Crippen molar-refractivity contribution in [3.8, 4) is 11.5 Å². The van der Waals surface area contributed by atoms with Crippen LogP contribution >= 0.6 is 0 Å². The van der Waals surface area contributed by atoms with Gasteiger partial charge >= 0.3 is 5.97 Å². The third-order valence-electron chi connectivity index (χ3n) is 6.00. The minimum Gasteiger partial charge on any atom is -0.486 e. The van der Waals surface area contributed by atoms with Gasteiger partial charge in [-0.05, 0) is 48.2 Å². The van der Waals surface area contributed by atoms with Gasteiger partial charge in [0.25, 0.3) is 5.91 Å². The largest absolute Gasteiger partial charge is 0.486 e. The van der Waals surface area contributed by atoms with Crippen LogP contribution in [0.15, 0.2) is 42.5 Å². The van der Waals surface area contributed by atoms with Gasteiger partial charge in [-0.2, -0.15) is 0 Å². The van der Waals surface area contributed by atoms with Crippen LogP contribution in [-0.2, 0) is 26.3 Å². The Bertz CT molecular complexity index is 970. The van der Waals surface area contributed by atoms with Gasteiger partial charge in [0.05, 0.1) is 5.41 Å². The summed E-state index contributed by atoms with van der Waals surface area (Å²) in [7, 11) is 1.60. The van der Waals surface area contributed by atoms with Gasteiger partial charge < -0.3 is 19.1 Å². The fraction of sp³-hybridized carbons (Fsp3) is 0.417. The molecule has 1 aliphatic carbocycles. The molecule has 0 radical (unpaired) electrons. The number of rotatable bonds is 6. The Balaban J connectivity index is 1.42. The number of amides is 1. The van der Waals surface area contributed by atoms with Gasteiger partial charge in [0.15, 0.2) is 18.1 Å². The number of esters is 1. The molecule has 0 saturated heterocycles. The quantitative estimate of drug-likeness (QED) is 0.659. The second kappa shape index (κ2) is 8.96. The third kappa shape index (κ3) is 4.50. The zero-order chi connectivity index (χ0) is 21.8. The normalized spacial score (nSPS) is 16.6. The highest BCUT2D eigenvalue weighted by Gasteiger charge is 2.45. The van der Waals surface area contributed by atoms with E-state index >= 15 is 0 Å². The van der Waals surface area contributed by atoms with Crippen LogP contribution in [-0.4, -0.2) is 43.6 Å². The van der Waals surface area contributed by atoms with Crippen molar-refractivity contribution in [2.45, 2.75) is 37.6 Å². The highest BCUT2D eigenvalue weighted by molar-refractivity contribution is 5.87. The lowest BCUT2D eigenvalue weighted by atomic mass is 9.78. The van der Waals surface area contributed by atoms with Gasteiger partial charge in [-0.1, -0.05) is 31.0 Å². The smallest absolute Gasteiger partial charge is 0.317 e. The maximum absolute atomic E-state index is 13.4. The molecule has 0 bridgehead atoms. The minimum atomic E-state index is -0.781. The molecule has 2 aromatic carbocycles. The van der Waals surface area contributed by atoms with E-state index < -0.39 is 11.4 Å². The molecule has 7 heteroatoms. The molecule has 4 rings (SSSR count). The highest BCUT2D eigenvalue weighted by Crippen LogP contribution is 2.45. The molecule has 1 amide bonds. The van der Waals surface area contributed by atoms with Crippen molar-refractivity contribution in [2.75, 3.05) is 26.9 Å². The molecule has 1 fully saturated rings. The topological polar surface area (TPSA) is 65.1 Å². The lowest BCUT2D eigenvalue weighted by Gasteiger charge is -2.29. The van der Waals surface area contributed by atoms with Crippen molar-refractivity contribution in [3.05, 3.63) is 59.4 Å². The number of halogens is 1. The van der Waals surface area contributed by atoms with Crippen LogP contribution in [0.2, 0.25) is 0 Å². The lowest BCUT2D eigenvalue weighted by Crippen LogP contribution is -2.38. The summed E-state index contributed by atoms with van der Waals surface area (Å²) in [6, 6.07) is 11.7. The SMILES string of the molecule is CN(Cc1cccc(F)c1)C(=O)COC(=O)C1(c2ccc3c(c2)OCCO3)CCCC1. The first-order valence-electron chi connectivity index (χ1n) is 10.5. The monoisotopic (exact) mass is 427 g/mol. The van der Waals surface area contributed by atoms with Crippen LogP contribution in [0.1, 0.15) is 36.8 Å². The van der Waals surface area contributed by atoms with Gasteiger partial charge in [0.2, 0.25) is 0 Å². The van der Waals surface area contributed by atoms with Crippen LogP contribution in [0.25, 0.3) is 0 Å². The molecule has 2 aliphatic rings. The van der Waals surface area contributed by atoms with E-state index in [1.807, 2.05) is 18.2 Å². The first-order chi connectivity index (χ1) is 15.0. The van der Waals surface area contributed by atoms with Crippen molar-refractivity contribution in [1.82, 2.24) is 4.90 Å². The summed E-state index contributed by atoms with van der Waals surface area (Å²) in [4.78, 5) is 27.1.